The molecule has 5 heteroatoms. The standard InChI is InChI=1S/C21H22N4S/c1-21(2,3)18-11-9-15(10-12-18)19-23-24-20(25(19)4)26-14-17-8-6-5-7-16(17)13-22/h5-12H,14H2,1-4H3. The van der Waals surface area contributed by atoms with Crippen LogP contribution in [0.5, 0.6) is 0 Å². The van der Waals surface area contributed by atoms with Crippen LogP contribution in [-0.2, 0) is 18.2 Å². The van der Waals surface area contributed by atoms with Gasteiger partial charge in [0.25, 0.3) is 0 Å². The fourth-order valence-electron chi connectivity index (χ4n) is 2.71. The van der Waals surface area contributed by atoms with E-state index in [0.717, 1.165) is 22.1 Å². The molecule has 0 radical (unpaired) electrons. The Morgan fingerprint density at radius 2 is 1.73 bits per heavy atom. The first-order chi connectivity index (χ1) is 12.4. The van der Waals surface area contributed by atoms with Gasteiger partial charge in [0.05, 0.1) is 11.6 Å². The molecule has 0 bridgehead atoms. The highest BCUT2D eigenvalue weighted by Gasteiger charge is 2.15. The zero-order valence-electron chi connectivity index (χ0n) is 15.5. The number of rotatable bonds is 4. The zero-order chi connectivity index (χ0) is 18.7. The van der Waals surface area contributed by atoms with Crippen LogP contribution in [0.15, 0.2) is 53.7 Å². The van der Waals surface area contributed by atoms with Crippen molar-refractivity contribution in [2.24, 2.45) is 7.05 Å². The van der Waals surface area contributed by atoms with Crippen LogP contribution in [0.3, 0.4) is 0 Å². The van der Waals surface area contributed by atoms with E-state index < -0.39 is 0 Å². The smallest absolute Gasteiger partial charge is 0.191 e. The maximum atomic E-state index is 9.21. The van der Waals surface area contributed by atoms with Crippen LogP contribution >= 0.6 is 11.8 Å². The van der Waals surface area contributed by atoms with Gasteiger partial charge in [0.2, 0.25) is 0 Å². The minimum Gasteiger partial charge on any atom is -0.305 e. The van der Waals surface area contributed by atoms with Gasteiger partial charge in [-0.1, -0.05) is 75.0 Å². The molecule has 0 unspecified atom stereocenters. The van der Waals surface area contributed by atoms with Gasteiger partial charge in [-0.05, 0) is 22.6 Å². The third-order valence-electron chi connectivity index (χ3n) is 4.34. The van der Waals surface area contributed by atoms with E-state index in [4.69, 9.17) is 0 Å². The molecule has 0 atom stereocenters. The maximum Gasteiger partial charge on any atom is 0.191 e. The number of hydrogen-bond donors (Lipinski definition) is 0. The number of nitrogens with zero attached hydrogens (tertiary/aromatic N) is 4. The minimum atomic E-state index is 0.133. The van der Waals surface area contributed by atoms with Crippen molar-refractivity contribution in [3.63, 3.8) is 0 Å². The summed E-state index contributed by atoms with van der Waals surface area (Å²) in [5.74, 6) is 1.54. The molecule has 0 saturated carbocycles. The summed E-state index contributed by atoms with van der Waals surface area (Å²) in [6.07, 6.45) is 0. The molecule has 3 aromatic rings. The summed E-state index contributed by atoms with van der Waals surface area (Å²) < 4.78 is 2.01. The Kier molecular flexibility index (Phi) is 5.15. The van der Waals surface area contributed by atoms with E-state index in [1.807, 2.05) is 35.9 Å². The zero-order valence-corrected chi connectivity index (χ0v) is 16.3. The molecule has 0 amide bonds. The van der Waals surface area contributed by atoms with Gasteiger partial charge in [0, 0.05) is 18.4 Å². The van der Waals surface area contributed by atoms with Gasteiger partial charge in [-0.15, -0.1) is 10.2 Å². The van der Waals surface area contributed by atoms with Crippen LogP contribution in [0.1, 0.15) is 37.5 Å². The van der Waals surface area contributed by atoms with Crippen LogP contribution in [-0.4, -0.2) is 14.8 Å². The van der Waals surface area contributed by atoms with Crippen molar-refractivity contribution in [3.05, 3.63) is 65.2 Å². The average molecular weight is 363 g/mol. The molecule has 2 aromatic carbocycles. The predicted molar refractivity (Wildman–Crippen MR) is 106 cm³/mol. The third kappa shape index (κ3) is 3.81. The Bertz CT molecular complexity index is 943. The molecule has 0 aliphatic carbocycles. The molecule has 0 fully saturated rings. The molecule has 4 nitrogen and oxygen atoms in total. The Labute approximate surface area is 158 Å². The molecule has 0 saturated heterocycles. The number of hydrogen-bond acceptors (Lipinski definition) is 4. The second kappa shape index (κ2) is 7.35. The number of nitriles is 1. The minimum absolute atomic E-state index is 0.133. The molecular weight excluding hydrogens is 340 g/mol. The predicted octanol–water partition coefficient (Wildman–Crippen LogP) is 4.94. The highest BCUT2D eigenvalue weighted by molar-refractivity contribution is 7.98. The molecule has 0 N–H and O–H groups in total. The Balaban J connectivity index is 1.79. The monoisotopic (exact) mass is 362 g/mol. The second-order valence-electron chi connectivity index (χ2n) is 7.25. The van der Waals surface area contributed by atoms with Crippen LogP contribution < -0.4 is 0 Å². The Morgan fingerprint density at radius 1 is 1.04 bits per heavy atom. The summed E-state index contributed by atoms with van der Waals surface area (Å²) in [6.45, 7) is 6.62. The van der Waals surface area contributed by atoms with Gasteiger partial charge in [-0.3, -0.25) is 0 Å². The Morgan fingerprint density at radius 3 is 2.38 bits per heavy atom. The molecular formula is C21H22N4S. The van der Waals surface area contributed by atoms with Crippen molar-refractivity contribution in [1.29, 1.82) is 5.26 Å². The van der Waals surface area contributed by atoms with E-state index >= 15 is 0 Å². The van der Waals surface area contributed by atoms with Crippen LogP contribution in [0.2, 0.25) is 0 Å². The van der Waals surface area contributed by atoms with E-state index in [2.05, 4.69) is 61.3 Å². The molecule has 0 aliphatic rings. The van der Waals surface area contributed by atoms with Crippen molar-refractivity contribution in [2.45, 2.75) is 37.1 Å². The topological polar surface area (TPSA) is 54.5 Å². The first-order valence-electron chi connectivity index (χ1n) is 8.51. The first kappa shape index (κ1) is 18.2. The molecule has 0 spiro atoms. The maximum absolute atomic E-state index is 9.21. The van der Waals surface area contributed by atoms with Crippen LogP contribution in [0, 0.1) is 11.3 Å². The SMILES string of the molecule is Cn1c(SCc2ccccc2C#N)nnc1-c1ccc(C(C)(C)C)cc1. The van der Waals surface area contributed by atoms with Crippen molar-refractivity contribution < 1.29 is 0 Å². The van der Waals surface area contributed by atoms with Gasteiger partial charge in [0.15, 0.2) is 11.0 Å². The van der Waals surface area contributed by atoms with E-state index in [1.165, 1.54) is 5.56 Å². The van der Waals surface area contributed by atoms with Gasteiger partial charge in [-0.25, -0.2) is 0 Å². The molecule has 0 aliphatic heterocycles. The average Bonchev–Trinajstić information content (AvgIpc) is 3.00. The lowest BCUT2D eigenvalue weighted by molar-refractivity contribution is 0.590. The summed E-state index contributed by atoms with van der Waals surface area (Å²) in [6, 6.07) is 18.4. The highest BCUT2D eigenvalue weighted by atomic mass is 32.2. The van der Waals surface area contributed by atoms with E-state index in [0.29, 0.717) is 11.3 Å². The van der Waals surface area contributed by atoms with Gasteiger partial charge >= 0.3 is 0 Å². The van der Waals surface area contributed by atoms with Crippen LogP contribution in [0.25, 0.3) is 11.4 Å². The third-order valence-corrected chi connectivity index (χ3v) is 5.41. The molecule has 3 rings (SSSR count). The normalized spacial score (nSPS) is 11.3. The first-order valence-corrected chi connectivity index (χ1v) is 9.50. The second-order valence-corrected chi connectivity index (χ2v) is 8.19. The van der Waals surface area contributed by atoms with E-state index in [9.17, 15) is 5.26 Å². The largest absolute Gasteiger partial charge is 0.305 e. The highest BCUT2D eigenvalue weighted by Crippen LogP contribution is 2.28. The summed E-state index contributed by atoms with van der Waals surface area (Å²) in [5.41, 5.74) is 4.20. The lowest BCUT2D eigenvalue weighted by Crippen LogP contribution is -2.10. The number of thioether (sulfide) groups is 1. The quantitative estimate of drug-likeness (QED) is 0.617. The summed E-state index contributed by atoms with van der Waals surface area (Å²) in [4.78, 5) is 0. The lowest BCUT2D eigenvalue weighted by atomic mass is 9.87. The van der Waals surface area contributed by atoms with Crippen molar-refractivity contribution >= 4 is 11.8 Å². The lowest BCUT2D eigenvalue weighted by Gasteiger charge is -2.19. The fourth-order valence-corrected chi connectivity index (χ4v) is 3.62. The van der Waals surface area contributed by atoms with Gasteiger partial charge < -0.3 is 4.57 Å². The van der Waals surface area contributed by atoms with Crippen molar-refractivity contribution in [2.75, 3.05) is 0 Å². The van der Waals surface area contributed by atoms with Crippen LogP contribution in [0.4, 0.5) is 0 Å². The molecule has 26 heavy (non-hydrogen) atoms. The molecule has 132 valence electrons. The van der Waals surface area contributed by atoms with Gasteiger partial charge in [-0.2, -0.15) is 5.26 Å². The van der Waals surface area contributed by atoms with E-state index in [1.54, 1.807) is 11.8 Å². The number of aromatic nitrogens is 3. The summed E-state index contributed by atoms with van der Waals surface area (Å²) >= 11 is 1.59. The van der Waals surface area contributed by atoms with Crippen molar-refractivity contribution in [3.8, 4) is 17.5 Å². The molecule has 1 aromatic heterocycles. The summed E-state index contributed by atoms with van der Waals surface area (Å²) in [7, 11) is 1.98. The Hall–Kier alpha value is -2.58. The van der Waals surface area contributed by atoms with E-state index in [-0.39, 0.29) is 5.41 Å². The summed E-state index contributed by atoms with van der Waals surface area (Å²) in [5, 5.41) is 18.7. The van der Waals surface area contributed by atoms with Crippen molar-refractivity contribution in [1.82, 2.24) is 14.8 Å². The van der Waals surface area contributed by atoms with Gasteiger partial charge in [0.1, 0.15) is 0 Å². The molecule has 1 heterocycles. The number of benzene rings is 2. The fraction of sp³-hybridized carbons (Fsp3) is 0.286.